The summed E-state index contributed by atoms with van der Waals surface area (Å²) < 4.78 is 3.05. The van der Waals surface area contributed by atoms with E-state index in [0.717, 1.165) is 27.7 Å². The van der Waals surface area contributed by atoms with E-state index in [-0.39, 0.29) is 6.04 Å². The van der Waals surface area contributed by atoms with Gasteiger partial charge in [-0.05, 0) is 22.9 Å². The van der Waals surface area contributed by atoms with E-state index >= 15 is 0 Å². The van der Waals surface area contributed by atoms with Crippen LogP contribution in [-0.2, 0) is 6.54 Å². The average molecular weight is 280 g/mol. The molecule has 0 saturated carbocycles. The molecule has 3 rings (SSSR count). The SMILES string of the molecule is C[C@@H]1Cn2c(c(Br)c3c(N)ncnc32)C=N1. The Kier molecular flexibility index (Phi) is 2.00. The van der Waals surface area contributed by atoms with Crippen LogP contribution in [-0.4, -0.2) is 26.8 Å². The average Bonchev–Trinajstić information content (AvgIpc) is 2.54. The second kappa shape index (κ2) is 3.28. The van der Waals surface area contributed by atoms with Gasteiger partial charge in [-0.1, -0.05) is 0 Å². The number of halogens is 1. The summed E-state index contributed by atoms with van der Waals surface area (Å²) in [7, 11) is 0. The number of fused-ring (bicyclic) bond motifs is 3. The highest BCUT2D eigenvalue weighted by atomic mass is 79.9. The number of hydrogen-bond acceptors (Lipinski definition) is 4. The van der Waals surface area contributed by atoms with Crippen molar-refractivity contribution in [3.63, 3.8) is 0 Å². The lowest BCUT2D eigenvalue weighted by molar-refractivity contribution is 0.588. The Labute approximate surface area is 101 Å². The zero-order valence-corrected chi connectivity index (χ0v) is 10.3. The minimum absolute atomic E-state index is 0.270. The number of anilines is 1. The largest absolute Gasteiger partial charge is 0.383 e. The third kappa shape index (κ3) is 1.19. The molecule has 0 spiro atoms. The van der Waals surface area contributed by atoms with Crippen LogP contribution in [0.5, 0.6) is 0 Å². The van der Waals surface area contributed by atoms with Crippen LogP contribution in [0.15, 0.2) is 15.8 Å². The number of rotatable bonds is 0. The van der Waals surface area contributed by atoms with E-state index in [0.29, 0.717) is 5.82 Å². The monoisotopic (exact) mass is 279 g/mol. The van der Waals surface area contributed by atoms with Crippen LogP contribution in [0.25, 0.3) is 11.0 Å². The molecule has 0 radical (unpaired) electrons. The highest BCUT2D eigenvalue weighted by Crippen LogP contribution is 2.33. The summed E-state index contributed by atoms with van der Waals surface area (Å²) in [6.07, 6.45) is 3.35. The molecule has 82 valence electrons. The molecule has 5 nitrogen and oxygen atoms in total. The minimum atomic E-state index is 0.270. The molecule has 2 N–H and O–H groups in total. The lowest BCUT2D eigenvalue weighted by Crippen LogP contribution is -2.18. The van der Waals surface area contributed by atoms with Crippen molar-refractivity contribution in [3.8, 4) is 0 Å². The molecule has 0 saturated heterocycles. The number of nitrogen functional groups attached to an aromatic ring is 1. The molecule has 0 aromatic carbocycles. The van der Waals surface area contributed by atoms with Crippen molar-refractivity contribution in [3.05, 3.63) is 16.5 Å². The van der Waals surface area contributed by atoms with Gasteiger partial charge in [-0.25, -0.2) is 9.97 Å². The second-order valence-corrected chi connectivity index (χ2v) is 4.69. The molecule has 0 bridgehead atoms. The van der Waals surface area contributed by atoms with Gasteiger partial charge in [0.2, 0.25) is 0 Å². The number of nitrogens with zero attached hydrogens (tertiary/aromatic N) is 4. The van der Waals surface area contributed by atoms with Gasteiger partial charge >= 0.3 is 0 Å². The Balaban J connectivity index is 2.43. The molecule has 16 heavy (non-hydrogen) atoms. The second-order valence-electron chi connectivity index (χ2n) is 3.89. The Morgan fingerprint density at radius 2 is 2.31 bits per heavy atom. The van der Waals surface area contributed by atoms with E-state index in [4.69, 9.17) is 5.73 Å². The topological polar surface area (TPSA) is 69.1 Å². The van der Waals surface area contributed by atoms with E-state index in [2.05, 4.69) is 42.4 Å². The van der Waals surface area contributed by atoms with Crippen molar-refractivity contribution in [1.82, 2.24) is 14.5 Å². The molecule has 1 aliphatic heterocycles. The molecule has 3 heterocycles. The standard InChI is InChI=1S/C10H10BrN5/c1-5-3-16-6(2-13-5)8(11)7-9(12)14-4-15-10(7)16/h2,4-5H,3H2,1H3,(H2,12,14,15)/t5-/m1/s1. The fourth-order valence-electron chi connectivity index (χ4n) is 1.99. The Bertz CT molecular complexity index is 601. The lowest BCUT2D eigenvalue weighted by atomic mass is 10.3. The van der Waals surface area contributed by atoms with Crippen molar-refractivity contribution in [1.29, 1.82) is 0 Å². The van der Waals surface area contributed by atoms with Gasteiger partial charge in [-0.3, -0.25) is 4.99 Å². The van der Waals surface area contributed by atoms with Crippen molar-refractivity contribution < 1.29 is 0 Å². The van der Waals surface area contributed by atoms with Crippen LogP contribution in [0.3, 0.4) is 0 Å². The number of aliphatic imine (C=N–C) groups is 1. The van der Waals surface area contributed by atoms with Gasteiger partial charge in [0.1, 0.15) is 17.8 Å². The molecular formula is C10H10BrN5. The van der Waals surface area contributed by atoms with E-state index in [1.165, 1.54) is 6.33 Å². The molecule has 0 aliphatic carbocycles. The first kappa shape index (κ1) is 9.77. The van der Waals surface area contributed by atoms with Gasteiger partial charge in [0, 0.05) is 12.8 Å². The van der Waals surface area contributed by atoms with Crippen LogP contribution < -0.4 is 5.73 Å². The van der Waals surface area contributed by atoms with E-state index in [1.54, 1.807) is 0 Å². The van der Waals surface area contributed by atoms with E-state index < -0.39 is 0 Å². The molecule has 2 aromatic heterocycles. The van der Waals surface area contributed by atoms with Crippen molar-refractivity contribution in [2.45, 2.75) is 19.5 Å². The van der Waals surface area contributed by atoms with Gasteiger partial charge in [-0.2, -0.15) is 0 Å². The maximum Gasteiger partial charge on any atom is 0.147 e. The van der Waals surface area contributed by atoms with Crippen molar-refractivity contribution >= 4 is 39.0 Å². The molecule has 1 aliphatic rings. The molecule has 0 unspecified atom stereocenters. The third-order valence-electron chi connectivity index (χ3n) is 2.75. The maximum absolute atomic E-state index is 5.86. The zero-order valence-electron chi connectivity index (χ0n) is 8.68. The quantitative estimate of drug-likeness (QED) is 0.796. The Morgan fingerprint density at radius 1 is 1.50 bits per heavy atom. The van der Waals surface area contributed by atoms with Crippen LogP contribution >= 0.6 is 15.9 Å². The highest BCUT2D eigenvalue weighted by molar-refractivity contribution is 9.10. The van der Waals surface area contributed by atoms with Crippen LogP contribution in [0.2, 0.25) is 0 Å². The molecular weight excluding hydrogens is 270 g/mol. The molecule has 2 aromatic rings. The van der Waals surface area contributed by atoms with Gasteiger partial charge < -0.3 is 10.3 Å². The number of hydrogen-bond donors (Lipinski definition) is 1. The minimum Gasteiger partial charge on any atom is -0.383 e. The molecule has 6 heteroatoms. The summed E-state index contributed by atoms with van der Waals surface area (Å²) in [4.78, 5) is 12.7. The summed E-state index contributed by atoms with van der Waals surface area (Å²) in [5.74, 6) is 0.500. The van der Waals surface area contributed by atoms with Crippen molar-refractivity contribution in [2.75, 3.05) is 5.73 Å². The smallest absolute Gasteiger partial charge is 0.147 e. The predicted octanol–water partition coefficient (Wildman–Crippen LogP) is 1.60. The maximum atomic E-state index is 5.86. The normalized spacial score (nSPS) is 19.0. The summed E-state index contributed by atoms with van der Waals surface area (Å²) in [5.41, 5.74) is 7.75. The first-order valence-corrected chi connectivity index (χ1v) is 5.79. The third-order valence-corrected chi connectivity index (χ3v) is 3.55. The van der Waals surface area contributed by atoms with E-state index in [1.807, 2.05) is 6.21 Å². The summed E-state index contributed by atoms with van der Waals surface area (Å²) >= 11 is 3.54. The van der Waals surface area contributed by atoms with Crippen LogP contribution in [0.1, 0.15) is 12.6 Å². The Hall–Kier alpha value is -1.43. The fraction of sp³-hybridized carbons (Fsp3) is 0.300. The summed E-state index contributed by atoms with van der Waals surface area (Å²) in [5, 5.41) is 0.873. The summed E-state index contributed by atoms with van der Waals surface area (Å²) in [6, 6.07) is 0.270. The molecule has 0 amide bonds. The fourth-order valence-corrected chi connectivity index (χ4v) is 2.68. The summed E-state index contributed by atoms with van der Waals surface area (Å²) in [6.45, 7) is 2.90. The van der Waals surface area contributed by atoms with Crippen LogP contribution in [0.4, 0.5) is 5.82 Å². The van der Waals surface area contributed by atoms with Gasteiger partial charge in [0.25, 0.3) is 0 Å². The van der Waals surface area contributed by atoms with Crippen LogP contribution in [0, 0.1) is 0 Å². The van der Waals surface area contributed by atoms with Gasteiger partial charge in [0.15, 0.2) is 0 Å². The van der Waals surface area contributed by atoms with E-state index in [9.17, 15) is 0 Å². The molecule has 0 fully saturated rings. The lowest BCUT2D eigenvalue weighted by Gasteiger charge is -2.15. The molecule has 1 atom stereocenters. The zero-order chi connectivity index (χ0) is 11.3. The van der Waals surface area contributed by atoms with Crippen molar-refractivity contribution in [2.24, 2.45) is 4.99 Å². The van der Waals surface area contributed by atoms with Gasteiger partial charge in [0.05, 0.1) is 21.6 Å². The highest BCUT2D eigenvalue weighted by Gasteiger charge is 2.21. The predicted molar refractivity (Wildman–Crippen MR) is 66.7 cm³/mol. The Morgan fingerprint density at radius 3 is 3.12 bits per heavy atom. The first-order chi connectivity index (χ1) is 7.68. The van der Waals surface area contributed by atoms with Gasteiger partial charge in [-0.15, -0.1) is 0 Å². The first-order valence-electron chi connectivity index (χ1n) is 5.00. The number of nitrogens with two attached hydrogens (primary N) is 1. The number of aromatic nitrogens is 3.